The molecule has 3 saturated carbocycles. The lowest BCUT2D eigenvalue weighted by Gasteiger charge is -2.48. The lowest BCUT2D eigenvalue weighted by molar-refractivity contribution is -0.137. The van der Waals surface area contributed by atoms with Crippen molar-refractivity contribution in [3.8, 4) is 11.8 Å². The second-order valence-corrected chi connectivity index (χ2v) is 8.75. The maximum atomic E-state index is 10.6. The summed E-state index contributed by atoms with van der Waals surface area (Å²) in [5, 5.41) is 29.5. The molecule has 1 unspecified atom stereocenters. The molecule has 0 spiro atoms. The first-order valence-corrected chi connectivity index (χ1v) is 10.8. The zero-order chi connectivity index (χ0) is 19.2. The zero-order valence-corrected chi connectivity index (χ0v) is 16.3. The Hall–Kier alpha value is -1.31. The normalized spacial score (nSPS) is 33.5. The molecular weight excluding hydrogens is 340 g/mol. The van der Waals surface area contributed by atoms with Gasteiger partial charge in [0.15, 0.2) is 0 Å². The van der Waals surface area contributed by atoms with Crippen LogP contribution in [0.5, 0.6) is 0 Å². The van der Waals surface area contributed by atoms with Crippen molar-refractivity contribution in [1.29, 1.82) is 0 Å². The van der Waals surface area contributed by atoms with Gasteiger partial charge in [-0.1, -0.05) is 55.6 Å². The maximum Gasteiger partial charge on any atom is 0.303 e. The van der Waals surface area contributed by atoms with Crippen LogP contribution in [0, 0.1) is 35.5 Å². The van der Waals surface area contributed by atoms with Crippen LogP contribution in [0.15, 0.2) is 11.6 Å². The summed E-state index contributed by atoms with van der Waals surface area (Å²) in [6.07, 6.45) is 12.8. The van der Waals surface area contributed by atoms with E-state index >= 15 is 0 Å². The summed E-state index contributed by atoms with van der Waals surface area (Å²) in [4.78, 5) is 10.6. The van der Waals surface area contributed by atoms with Gasteiger partial charge in [0.05, 0.1) is 12.0 Å². The highest BCUT2D eigenvalue weighted by Crippen LogP contribution is 2.51. The van der Waals surface area contributed by atoms with Crippen LogP contribution in [0.25, 0.3) is 0 Å². The zero-order valence-electron chi connectivity index (χ0n) is 16.3. The minimum atomic E-state index is -0.734. The Bertz CT molecular complexity index is 593. The molecule has 0 saturated heterocycles. The third kappa shape index (κ3) is 5.59. The second-order valence-electron chi connectivity index (χ2n) is 8.75. The first-order chi connectivity index (χ1) is 13.0. The minimum Gasteiger partial charge on any atom is -0.481 e. The van der Waals surface area contributed by atoms with Gasteiger partial charge in [-0.2, -0.15) is 0 Å². The quantitative estimate of drug-likeness (QED) is 0.374. The average molecular weight is 375 g/mol. The minimum absolute atomic E-state index is 0.0269. The Morgan fingerprint density at radius 1 is 1.19 bits per heavy atom. The molecule has 0 amide bonds. The van der Waals surface area contributed by atoms with E-state index in [0.717, 1.165) is 32.1 Å². The highest BCUT2D eigenvalue weighted by atomic mass is 16.4. The fourth-order valence-electron chi connectivity index (χ4n) is 5.24. The predicted molar refractivity (Wildman–Crippen MR) is 105 cm³/mol. The molecule has 3 fully saturated rings. The molecule has 0 aromatic rings. The highest BCUT2D eigenvalue weighted by molar-refractivity contribution is 5.66. The molecule has 5 atom stereocenters. The highest BCUT2D eigenvalue weighted by Gasteiger charge is 2.46. The summed E-state index contributed by atoms with van der Waals surface area (Å²) in [5.74, 6) is 7.03. The van der Waals surface area contributed by atoms with Gasteiger partial charge in [0.2, 0.25) is 0 Å². The number of carboxylic acids is 1. The second kappa shape index (κ2) is 9.75. The topological polar surface area (TPSA) is 77.8 Å². The number of aliphatic hydroxyl groups excluding tert-OH is 2. The number of unbranched alkanes of at least 4 members (excludes halogenated alkanes) is 1. The molecule has 0 aliphatic heterocycles. The molecule has 0 radical (unpaired) electrons. The summed E-state index contributed by atoms with van der Waals surface area (Å²) in [6, 6.07) is 0. The molecule has 150 valence electrons. The maximum absolute atomic E-state index is 10.6. The van der Waals surface area contributed by atoms with E-state index in [9.17, 15) is 15.0 Å². The van der Waals surface area contributed by atoms with Gasteiger partial charge in [-0.3, -0.25) is 4.79 Å². The van der Waals surface area contributed by atoms with Crippen LogP contribution in [-0.4, -0.2) is 33.5 Å². The number of rotatable bonds is 6. The summed E-state index contributed by atoms with van der Waals surface area (Å²) in [7, 11) is 0. The number of carbonyl (C=O) groups is 1. The van der Waals surface area contributed by atoms with E-state index in [2.05, 4.69) is 17.9 Å². The Balaban J connectivity index is 1.50. The molecule has 3 N–H and O–H groups in total. The molecule has 0 heterocycles. The monoisotopic (exact) mass is 374 g/mol. The van der Waals surface area contributed by atoms with E-state index in [1.165, 1.54) is 37.7 Å². The van der Waals surface area contributed by atoms with Crippen LogP contribution < -0.4 is 0 Å². The van der Waals surface area contributed by atoms with E-state index in [1.807, 2.05) is 0 Å². The van der Waals surface area contributed by atoms with Crippen molar-refractivity contribution in [2.75, 3.05) is 0 Å². The number of carboxylic acid groups (broad SMARTS) is 1. The van der Waals surface area contributed by atoms with Gasteiger partial charge in [-0.15, -0.1) is 0 Å². The molecule has 0 aromatic heterocycles. The molecule has 3 aliphatic carbocycles. The van der Waals surface area contributed by atoms with Crippen LogP contribution in [-0.2, 0) is 4.79 Å². The first-order valence-electron chi connectivity index (χ1n) is 10.8. The number of hydrogen-bond donors (Lipinski definition) is 3. The number of aliphatic hydroxyl groups is 2. The summed E-state index contributed by atoms with van der Waals surface area (Å²) in [5.41, 5.74) is 1.42. The van der Waals surface area contributed by atoms with Crippen molar-refractivity contribution in [2.45, 2.75) is 89.3 Å². The van der Waals surface area contributed by atoms with Crippen molar-refractivity contribution in [2.24, 2.45) is 23.7 Å². The van der Waals surface area contributed by atoms with E-state index in [1.54, 1.807) is 0 Å². The van der Waals surface area contributed by atoms with E-state index < -0.39 is 12.1 Å². The van der Waals surface area contributed by atoms with Crippen LogP contribution in [0.3, 0.4) is 0 Å². The SMILES string of the molecule is O=C(O)CCC/C=C1/C[C@H]2[C@H](C#CC(O)CC3CCCCC3)[C@@H](O)CC[C@@H]12. The van der Waals surface area contributed by atoms with Crippen molar-refractivity contribution >= 4 is 5.97 Å². The van der Waals surface area contributed by atoms with Crippen LogP contribution in [0.4, 0.5) is 0 Å². The Labute approximate surface area is 163 Å². The third-order valence-electron chi connectivity index (χ3n) is 6.81. The third-order valence-corrected chi connectivity index (χ3v) is 6.81. The van der Waals surface area contributed by atoms with Gasteiger partial charge in [0.1, 0.15) is 6.10 Å². The number of allylic oxidation sites excluding steroid dienone is 2. The fraction of sp³-hybridized carbons (Fsp3) is 0.783. The molecule has 0 aromatic carbocycles. The van der Waals surface area contributed by atoms with Gasteiger partial charge >= 0.3 is 5.97 Å². The Kier molecular flexibility index (Phi) is 7.38. The number of aliphatic carboxylic acids is 1. The molecule has 27 heavy (non-hydrogen) atoms. The summed E-state index contributed by atoms with van der Waals surface area (Å²) >= 11 is 0. The van der Waals surface area contributed by atoms with Gasteiger partial charge in [0.25, 0.3) is 0 Å². The molecule has 4 nitrogen and oxygen atoms in total. The van der Waals surface area contributed by atoms with E-state index in [4.69, 9.17) is 5.11 Å². The molecule has 4 heteroatoms. The Morgan fingerprint density at radius 2 is 1.96 bits per heavy atom. The summed E-state index contributed by atoms with van der Waals surface area (Å²) < 4.78 is 0. The lowest BCUT2D eigenvalue weighted by Crippen LogP contribution is -2.44. The van der Waals surface area contributed by atoms with E-state index in [0.29, 0.717) is 24.2 Å². The lowest BCUT2D eigenvalue weighted by atomic mass is 9.57. The molecule has 3 aliphatic rings. The van der Waals surface area contributed by atoms with Gasteiger partial charge < -0.3 is 15.3 Å². The van der Waals surface area contributed by atoms with Crippen LogP contribution in [0.1, 0.15) is 77.0 Å². The average Bonchev–Trinajstić information content (AvgIpc) is 2.62. The van der Waals surface area contributed by atoms with Gasteiger partial charge in [0, 0.05) is 6.42 Å². The predicted octanol–water partition coefficient (Wildman–Crippen LogP) is 3.91. The van der Waals surface area contributed by atoms with Gasteiger partial charge in [-0.25, -0.2) is 0 Å². The van der Waals surface area contributed by atoms with E-state index in [-0.39, 0.29) is 18.4 Å². The van der Waals surface area contributed by atoms with Gasteiger partial charge in [-0.05, 0) is 56.3 Å². The number of hydrogen-bond acceptors (Lipinski definition) is 3. The number of fused-ring (bicyclic) bond motifs is 1. The van der Waals surface area contributed by atoms with Crippen molar-refractivity contribution in [3.05, 3.63) is 11.6 Å². The van der Waals surface area contributed by atoms with Crippen molar-refractivity contribution in [1.82, 2.24) is 0 Å². The fourth-order valence-corrected chi connectivity index (χ4v) is 5.24. The first kappa shape index (κ1) is 20.4. The standard InChI is InChI=1S/C23H34O4/c24-18(14-16-6-2-1-3-7-16)10-11-20-21-15-17(8-4-5-9-23(26)27)19(21)12-13-22(20)25/h8,16,18-22,24-25H,1-7,9,12-15H2,(H,26,27)/b17-8-/t18?,19-,20-,21+,22-/m0/s1. The Morgan fingerprint density at radius 3 is 2.70 bits per heavy atom. The van der Waals surface area contributed by atoms with Crippen LogP contribution in [0.2, 0.25) is 0 Å². The molecule has 0 bridgehead atoms. The molecular formula is C23H34O4. The summed E-state index contributed by atoms with van der Waals surface area (Å²) in [6.45, 7) is 0. The smallest absolute Gasteiger partial charge is 0.303 e. The largest absolute Gasteiger partial charge is 0.481 e. The van der Waals surface area contributed by atoms with Crippen molar-refractivity contribution < 1.29 is 20.1 Å². The van der Waals surface area contributed by atoms with Crippen LogP contribution >= 0.6 is 0 Å². The molecule has 3 rings (SSSR count). The van der Waals surface area contributed by atoms with Crippen molar-refractivity contribution in [3.63, 3.8) is 0 Å².